The van der Waals surface area contributed by atoms with Crippen LogP contribution in [0.5, 0.6) is 5.75 Å². The number of methoxy groups -OCH3 is 1. The van der Waals surface area contributed by atoms with E-state index in [4.69, 9.17) is 10.5 Å². The van der Waals surface area contributed by atoms with Gasteiger partial charge in [0.05, 0.1) is 18.8 Å². The van der Waals surface area contributed by atoms with Crippen molar-refractivity contribution in [3.63, 3.8) is 0 Å². The average Bonchev–Trinajstić information content (AvgIpc) is 2.61. The van der Waals surface area contributed by atoms with E-state index in [-0.39, 0.29) is 11.9 Å². The van der Waals surface area contributed by atoms with Crippen LogP contribution < -0.4 is 15.4 Å². The Hall–Kier alpha value is -1.07. The quantitative estimate of drug-likeness (QED) is 0.896. The Morgan fingerprint density at radius 1 is 1.56 bits per heavy atom. The molecule has 1 heterocycles. The fourth-order valence-electron chi connectivity index (χ4n) is 1.77. The summed E-state index contributed by atoms with van der Waals surface area (Å²) in [6.45, 7) is 0.658. The first-order valence-electron chi connectivity index (χ1n) is 5.04. The van der Waals surface area contributed by atoms with Gasteiger partial charge in [-0.1, -0.05) is 0 Å². The molecule has 0 bridgehead atoms. The van der Waals surface area contributed by atoms with E-state index in [1.54, 1.807) is 12.0 Å². The molecule has 1 saturated heterocycles. The lowest BCUT2D eigenvalue weighted by Gasteiger charge is -2.18. The molecule has 1 aliphatic heterocycles. The zero-order valence-corrected chi connectivity index (χ0v) is 10.5. The highest BCUT2D eigenvalue weighted by Gasteiger charge is 2.30. The van der Waals surface area contributed by atoms with Gasteiger partial charge in [0.15, 0.2) is 0 Å². The van der Waals surface area contributed by atoms with Gasteiger partial charge in [-0.05, 0) is 34.5 Å². The lowest BCUT2D eigenvalue weighted by Crippen LogP contribution is -2.34. The molecule has 0 aromatic heterocycles. The number of hydrogen-bond donors (Lipinski definition) is 1. The molecular weight excluding hydrogens is 272 g/mol. The topological polar surface area (TPSA) is 55.6 Å². The summed E-state index contributed by atoms with van der Waals surface area (Å²) in [5, 5.41) is 0. The minimum absolute atomic E-state index is 0.0334. The van der Waals surface area contributed by atoms with Crippen molar-refractivity contribution in [1.29, 1.82) is 0 Å². The molecule has 4 nitrogen and oxygen atoms in total. The van der Waals surface area contributed by atoms with E-state index in [1.165, 1.54) is 0 Å². The van der Waals surface area contributed by atoms with Gasteiger partial charge in [0, 0.05) is 17.1 Å². The Morgan fingerprint density at radius 2 is 2.31 bits per heavy atom. The van der Waals surface area contributed by atoms with Crippen molar-refractivity contribution >= 4 is 27.5 Å². The summed E-state index contributed by atoms with van der Waals surface area (Å²) in [4.78, 5) is 13.5. The third-order valence-electron chi connectivity index (χ3n) is 2.69. The zero-order valence-electron chi connectivity index (χ0n) is 8.94. The minimum Gasteiger partial charge on any atom is -0.497 e. The molecular formula is C11H13BrN2O2. The summed E-state index contributed by atoms with van der Waals surface area (Å²) >= 11 is 3.43. The molecule has 1 unspecified atom stereocenters. The summed E-state index contributed by atoms with van der Waals surface area (Å²) in [6, 6.07) is 5.16. The Balaban J connectivity index is 2.36. The Bertz CT molecular complexity index is 422. The van der Waals surface area contributed by atoms with Crippen LogP contribution in [-0.4, -0.2) is 25.6 Å². The summed E-state index contributed by atoms with van der Waals surface area (Å²) in [5.41, 5.74) is 6.51. The van der Waals surface area contributed by atoms with E-state index in [0.717, 1.165) is 15.9 Å². The molecule has 1 fully saturated rings. The van der Waals surface area contributed by atoms with Gasteiger partial charge in [-0.25, -0.2) is 0 Å². The maximum absolute atomic E-state index is 11.8. The summed E-state index contributed by atoms with van der Waals surface area (Å²) in [7, 11) is 1.60. The second-order valence-corrected chi connectivity index (χ2v) is 4.56. The van der Waals surface area contributed by atoms with Crippen LogP contribution in [0.3, 0.4) is 0 Å². The molecule has 2 N–H and O–H groups in total. The van der Waals surface area contributed by atoms with Crippen molar-refractivity contribution in [2.45, 2.75) is 12.5 Å². The van der Waals surface area contributed by atoms with E-state index in [2.05, 4.69) is 15.9 Å². The van der Waals surface area contributed by atoms with Gasteiger partial charge >= 0.3 is 0 Å². The summed E-state index contributed by atoms with van der Waals surface area (Å²) in [5.74, 6) is 0.695. The fraction of sp³-hybridized carbons (Fsp3) is 0.364. The second-order valence-electron chi connectivity index (χ2n) is 3.70. The molecule has 0 saturated carbocycles. The molecule has 0 spiro atoms. The number of amides is 1. The number of benzene rings is 1. The number of hydrogen-bond acceptors (Lipinski definition) is 3. The lowest BCUT2D eigenvalue weighted by molar-refractivity contribution is -0.118. The van der Waals surface area contributed by atoms with E-state index >= 15 is 0 Å². The van der Waals surface area contributed by atoms with Crippen LogP contribution in [0.1, 0.15) is 6.42 Å². The molecule has 0 radical (unpaired) electrons. The van der Waals surface area contributed by atoms with Crippen LogP contribution in [0, 0.1) is 0 Å². The molecule has 1 amide bonds. The van der Waals surface area contributed by atoms with Gasteiger partial charge in [0.1, 0.15) is 5.75 Å². The standard InChI is InChI=1S/C11H13BrN2O2/c1-16-7-2-3-8(12)10(6-7)14-5-4-9(13)11(14)15/h2-3,6,9H,4-5,13H2,1H3. The summed E-state index contributed by atoms with van der Waals surface area (Å²) < 4.78 is 6.01. The zero-order chi connectivity index (χ0) is 11.7. The smallest absolute Gasteiger partial charge is 0.244 e. The third kappa shape index (κ3) is 1.92. The first-order valence-corrected chi connectivity index (χ1v) is 5.83. The summed E-state index contributed by atoms with van der Waals surface area (Å²) in [6.07, 6.45) is 0.697. The predicted molar refractivity (Wildman–Crippen MR) is 65.6 cm³/mol. The van der Waals surface area contributed by atoms with E-state index in [1.807, 2.05) is 18.2 Å². The maximum atomic E-state index is 11.8. The van der Waals surface area contributed by atoms with Crippen LogP contribution in [0.2, 0.25) is 0 Å². The number of anilines is 1. The largest absolute Gasteiger partial charge is 0.497 e. The van der Waals surface area contributed by atoms with Crippen molar-refractivity contribution in [2.24, 2.45) is 5.73 Å². The van der Waals surface area contributed by atoms with Crippen LogP contribution in [0.25, 0.3) is 0 Å². The number of carbonyl (C=O) groups is 1. The predicted octanol–water partition coefficient (Wildman–Crippen LogP) is 1.52. The van der Waals surface area contributed by atoms with E-state index in [9.17, 15) is 4.79 Å². The molecule has 0 aliphatic carbocycles. The van der Waals surface area contributed by atoms with Crippen molar-refractivity contribution in [2.75, 3.05) is 18.6 Å². The average molecular weight is 285 g/mol. The first kappa shape index (κ1) is 11.4. The minimum atomic E-state index is -0.377. The molecule has 16 heavy (non-hydrogen) atoms. The Kier molecular flexibility index (Phi) is 3.16. The molecule has 1 aromatic rings. The highest BCUT2D eigenvalue weighted by Crippen LogP contribution is 2.32. The van der Waals surface area contributed by atoms with Crippen molar-refractivity contribution in [3.05, 3.63) is 22.7 Å². The highest BCUT2D eigenvalue weighted by molar-refractivity contribution is 9.10. The second kappa shape index (κ2) is 4.43. The van der Waals surface area contributed by atoms with Gasteiger partial charge in [0.25, 0.3) is 0 Å². The van der Waals surface area contributed by atoms with Gasteiger partial charge in [-0.2, -0.15) is 0 Å². The van der Waals surface area contributed by atoms with Crippen LogP contribution in [-0.2, 0) is 4.79 Å². The SMILES string of the molecule is COc1ccc(Br)c(N2CCC(N)C2=O)c1. The van der Waals surface area contributed by atoms with E-state index in [0.29, 0.717) is 13.0 Å². The van der Waals surface area contributed by atoms with Crippen LogP contribution >= 0.6 is 15.9 Å². The van der Waals surface area contributed by atoms with Crippen molar-refractivity contribution < 1.29 is 9.53 Å². The van der Waals surface area contributed by atoms with Crippen molar-refractivity contribution in [1.82, 2.24) is 0 Å². The van der Waals surface area contributed by atoms with Crippen LogP contribution in [0.15, 0.2) is 22.7 Å². The van der Waals surface area contributed by atoms with Crippen LogP contribution in [0.4, 0.5) is 5.69 Å². The Labute approximate surface area is 102 Å². The Morgan fingerprint density at radius 3 is 2.88 bits per heavy atom. The number of rotatable bonds is 2. The van der Waals surface area contributed by atoms with Crippen molar-refractivity contribution in [3.8, 4) is 5.75 Å². The third-order valence-corrected chi connectivity index (χ3v) is 3.36. The van der Waals surface area contributed by atoms with Gasteiger partial charge in [0.2, 0.25) is 5.91 Å². The highest BCUT2D eigenvalue weighted by atomic mass is 79.9. The molecule has 1 aliphatic rings. The normalized spacial score (nSPS) is 20.3. The maximum Gasteiger partial charge on any atom is 0.244 e. The number of nitrogens with zero attached hydrogens (tertiary/aromatic N) is 1. The fourth-order valence-corrected chi connectivity index (χ4v) is 2.23. The van der Waals surface area contributed by atoms with Gasteiger partial charge in [-0.3, -0.25) is 4.79 Å². The number of nitrogens with two attached hydrogens (primary N) is 1. The molecule has 86 valence electrons. The molecule has 1 aromatic carbocycles. The van der Waals surface area contributed by atoms with E-state index < -0.39 is 0 Å². The monoisotopic (exact) mass is 284 g/mol. The van der Waals surface area contributed by atoms with Gasteiger partial charge < -0.3 is 15.4 Å². The lowest BCUT2D eigenvalue weighted by atomic mass is 10.2. The number of carbonyl (C=O) groups excluding carboxylic acids is 1. The molecule has 1 atom stereocenters. The molecule has 5 heteroatoms. The first-order chi connectivity index (χ1) is 7.63. The number of halogens is 1. The number of ether oxygens (including phenoxy) is 1. The molecule has 2 rings (SSSR count). The van der Waals surface area contributed by atoms with Gasteiger partial charge in [-0.15, -0.1) is 0 Å².